The van der Waals surface area contributed by atoms with E-state index in [0.29, 0.717) is 5.69 Å². The van der Waals surface area contributed by atoms with Gasteiger partial charge in [-0.05, 0) is 12.3 Å². The van der Waals surface area contributed by atoms with E-state index >= 15 is 0 Å². The zero-order valence-corrected chi connectivity index (χ0v) is 19.2. The number of carboxylic acid groups (broad SMARTS) is 3. The minimum Gasteiger partial charge on any atom is -0.481 e. The van der Waals surface area contributed by atoms with Crippen LogP contribution in [0, 0.1) is 5.92 Å². The lowest BCUT2D eigenvalue weighted by atomic mass is 10.0. The van der Waals surface area contributed by atoms with Crippen molar-refractivity contribution < 1.29 is 44.1 Å². The fourth-order valence-electron chi connectivity index (χ4n) is 3.02. The maximum atomic E-state index is 12.9. The number of nitrogens with two attached hydrogens (primary N) is 1. The van der Waals surface area contributed by atoms with Gasteiger partial charge in [0.05, 0.1) is 25.2 Å². The Balaban J connectivity index is 3.08. The maximum absolute atomic E-state index is 12.9. The van der Waals surface area contributed by atoms with Gasteiger partial charge in [0.25, 0.3) is 0 Å². The number of carboxylic acids is 3. The molecular formula is C20H30N6O9. The third-order valence-electron chi connectivity index (χ3n) is 4.68. The van der Waals surface area contributed by atoms with Gasteiger partial charge >= 0.3 is 17.9 Å². The second-order valence-corrected chi connectivity index (χ2v) is 8.23. The highest BCUT2D eigenvalue weighted by atomic mass is 16.4. The Labute approximate surface area is 199 Å². The standard InChI is InChI=1S/C20H30N6O9/c1-9(2)3-11(21)17(31)24-13(5-15(27)28)19(33)25-12(4-10-7-22-8-23-10)18(32)26-14(20(34)35)6-16(29)30/h7-9,11-14H,3-6,21H2,1-2H3,(H,22,23)(H,24,31)(H,25,33)(H,26,32)(H,27,28)(H,29,30)(H,34,35). The van der Waals surface area contributed by atoms with Gasteiger partial charge < -0.3 is 42.0 Å². The molecule has 9 N–H and O–H groups in total. The Kier molecular flexibility index (Phi) is 11.3. The van der Waals surface area contributed by atoms with Crippen molar-refractivity contribution in [2.75, 3.05) is 0 Å². The highest BCUT2D eigenvalue weighted by Crippen LogP contribution is 2.06. The van der Waals surface area contributed by atoms with Crippen LogP contribution in [0.3, 0.4) is 0 Å². The smallest absolute Gasteiger partial charge is 0.326 e. The van der Waals surface area contributed by atoms with Crippen molar-refractivity contribution >= 4 is 35.6 Å². The highest BCUT2D eigenvalue weighted by molar-refractivity contribution is 5.96. The SMILES string of the molecule is CC(C)CC(N)C(=O)NC(CC(=O)O)C(=O)NC(Cc1cnc[nH]1)C(=O)NC(CC(=O)O)C(=O)O. The fourth-order valence-corrected chi connectivity index (χ4v) is 3.02. The Hall–Kier alpha value is -4.01. The quantitative estimate of drug-likeness (QED) is 0.129. The van der Waals surface area contributed by atoms with Crippen molar-refractivity contribution in [3.63, 3.8) is 0 Å². The first kappa shape index (κ1) is 29.0. The summed E-state index contributed by atoms with van der Waals surface area (Å²) in [5, 5.41) is 33.8. The second-order valence-electron chi connectivity index (χ2n) is 8.23. The molecule has 15 heteroatoms. The van der Waals surface area contributed by atoms with E-state index < -0.39 is 72.6 Å². The van der Waals surface area contributed by atoms with Gasteiger partial charge in [0.2, 0.25) is 17.7 Å². The topological polar surface area (TPSA) is 254 Å². The molecule has 0 aliphatic heterocycles. The van der Waals surface area contributed by atoms with E-state index in [4.69, 9.17) is 15.9 Å². The van der Waals surface area contributed by atoms with Crippen LogP contribution in [0.2, 0.25) is 0 Å². The summed E-state index contributed by atoms with van der Waals surface area (Å²) in [6.07, 6.45) is 0.939. The van der Waals surface area contributed by atoms with Gasteiger partial charge in [-0.1, -0.05) is 13.8 Å². The summed E-state index contributed by atoms with van der Waals surface area (Å²) < 4.78 is 0. The fraction of sp³-hybridized carbons (Fsp3) is 0.550. The molecule has 35 heavy (non-hydrogen) atoms. The minimum absolute atomic E-state index is 0.0537. The Morgan fingerprint density at radius 3 is 1.89 bits per heavy atom. The monoisotopic (exact) mass is 498 g/mol. The number of H-pyrrole nitrogens is 1. The zero-order chi connectivity index (χ0) is 26.7. The van der Waals surface area contributed by atoms with Crippen molar-refractivity contribution in [2.45, 2.75) is 63.7 Å². The molecule has 3 amide bonds. The number of rotatable bonds is 15. The highest BCUT2D eigenvalue weighted by Gasteiger charge is 2.32. The Morgan fingerprint density at radius 1 is 0.886 bits per heavy atom. The van der Waals surface area contributed by atoms with Crippen LogP contribution >= 0.6 is 0 Å². The minimum atomic E-state index is -1.79. The van der Waals surface area contributed by atoms with Crippen LogP contribution in [0.4, 0.5) is 0 Å². The molecule has 0 aliphatic carbocycles. The molecule has 1 aromatic rings. The average molecular weight is 498 g/mol. The molecule has 194 valence electrons. The van der Waals surface area contributed by atoms with Gasteiger partial charge in [-0.15, -0.1) is 0 Å². The van der Waals surface area contributed by atoms with Crippen LogP contribution in [-0.2, 0) is 35.2 Å². The molecule has 4 atom stereocenters. The van der Waals surface area contributed by atoms with Crippen molar-refractivity contribution in [2.24, 2.45) is 11.7 Å². The molecule has 0 saturated carbocycles. The van der Waals surface area contributed by atoms with Gasteiger partial charge in [-0.3, -0.25) is 24.0 Å². The first-order chi connectivity index (χ1) is 16.3. The predicted octanol–water partition coefficient (Wildman–Crippen LogP) is -2.19. The largest absolute Gasteiger partial charge is 0.481 e. The third-order valence-corrected chi connectivity index (χ3v) is 4.68. The summed E-state index contributed by atoms with van der Waals surface area (Å²) in [6.45, 7) is 3.64. The van der Waals surface area contributed by atoms with E-state index in [1.54, 1.807) is 0 Å². The molecule has 0 fully saturated rings. The molecule has 0 aliphatic rings. The van der Waals surface area contributed by atoms with E-state index in [1.807, 2.05) is 19.2 Å². The molecule has 0 spiro atoms. The Bertz CT molecular complexity index is 918. The summed E-state index contributed by atoms with van der Waals surface area (Å²) in [4.78, 5) is 77.9. The first-order valence-electron chi connectivity index (χ1n) is 10.6. The lowest BCUT2D eigenvalue weighted by molar-refractivity contribution is -0.147. The number of nitrogens with zero attached hydrogens (tertiary/aromatic N) is 1. The van der Waals surface area contributed by atoms with Crippen molar-refractivity contribution in [3.8, 4) is 0 Å². The number of carbonyl (C=O) groups is 6. The summed E-state index contributed by atoms with van der Waals surface area (Å²) in [5.74, 6) is -7.29. The van der Waals surface area contributed by atoms with E-state index in [0.717, 1.165) is 0 Å². The van der Waals surface area contributed by atoms with Crippen molar-refractivity contribution in [1.82, 2.24) is 25.9 Å². The van der Waals surface area contributed by atoms with Crippen molar-refractivity contribution in [3.05, 3.63) is 18.2 Å². The van der Waals surface area contributed by atoms with Crippen LogP contribution < -0.4 is 21.7 Å². The first-order valence-corrected chi connectivity index (χ1v) is 10.6. The zero-order valence-electron chi connectivity index (χ0n) is 19.2. The third kappa shape index (κ3) is 10.6. The number of aromatic nitrogens is 2. The summed E-state index contributed by atoms with van der Waals surface area (Å²) >= 11 is 0. The maximum Gasteiger partial charge on any atom is 0.326 e. The van der Waals surface area contributed by atoms with Gasteiger partial charge in [0.1, 0.15) is 18.1 Å². The Morgan fingerprint density at radius 2 is 1.40 bits per heavy atom. The number of nitrogens with one attached hydrogen (secondary N) is 4. The van der Waals surface area contributed by atoms with E-state index in [9.17, 15) is 33.9 Å². The molecule has 0 bridgehead atoms. The molecule has 1 rings (SSSR count). The van der Waals surface area contributed by atoms with Crippen LogP contribution in [-0.4, -0.2) is 85.1 Å². The summed E-state index contributed by atoms with van der Waals surface area (Å²) in [6, 6.07) is -5.85. The molecular weight excluding hydrogens is 468 g/mol. The molecule has 1 heterocycles. The normalized spacial score (nSPS) is 14.3. The number of aliphatic carboxylic acids is 3. The number of carbonyl (C=O) groups excluding carboxylic acids is 3. The lowest BCUT2D eigenvalue weighted by Gasteiger charge is -2.24. The van der Waals surface area contributed by atoms with E-state index in [1.165, 1.54) is 12.5 Å². The number of amides is 3. The molecule has 0 aromatic carbocycles. The molecule has 0 radical (unpaired) electrons. The van der Waals surface area contributed by atoms with Crippen LogP contribution in [0.5, 0.6) is 0 Å². The van der Waals surface area contributed by atoms with E-state index in [-0.39, 0.29) is 18.8 Å². The summed E-state index contributed by atoms with van der Waals surface area (Å²) in [5.41, 5.74) is 6.15. The number of aromatic amines is 1. The van der Waals surface area contributed by atoms with Crippen LogP contribution in [0.25, 0.3) is 0 Å². The van der Waals surface area contributed by atoms with Gasteiger partial charge in [-0.25, -0.2) is 9.78 Å². The number of hydrogen-bond acceptors (Lipinski definition) is 8. The number of hydrogen-bond donors (Lipinski definition) is 8. The van der Waals surface area contributed by atoms with Crippen LogP contribution in [0.1, 0.15) is 38.8 Å². The molecule has 4 unspecified atom stereocenters. The van der Waals surface area contributed by atoms with Crippen molar-refractivity contribution in [1.29, 1.82) is 0 Å². The molecule has 1 aromatic heterocycles. The lowest BCUT2D eigenvalue weighted by Crippen LogP contribution is -2.58. The van der Waals surface area contributed by atoms with Gasteiger partial charge in [0, 0.05) is 18.3 Å². The van der Waals surface area contributed by atoms with Gasteiger partial charge in [-0.2, -0.15) is 0 Å². The number of imidazole rings is 1. The second kappa shape index (κ2) is 13.6. The predicted molar refractivity (Wildman–Crippen MR) is 118 cm³/mol. The van der Waals surface area contributed by atoms with Gasteiger partial charge in [0.15, 0.2) is 0 Å². The average Bonchev–Trinajstić information content (AvgIpc) is 3.24. The van der Waals surface area contributed by atoms with Crippen LogP contribution in [0.15, 0.2) is 12.5 Å². The van der Waals surface area contributed by atoms with E-state index in [2.05, 4.69) is 20.6 Å². The molecule has 15 nitrogen and oxygen atoms in total. The summed E-state index contributed by atoms with van der Waals surface area (Å²) in [7, 11) is 0. The molecule has 0 saturated heterocycles.